The molecule has 5 heteroatoms. The number of aromatic amines is 2. The maximum absolute atomic E-state index is 4.71. The van der Waals surface area contributed by atoms with Crippen LogP contribution in [0.1, 0.15) is 28.4 Å². The van der Waals surface area contributed by atoms with Crippen LogP contribution >= 0.6 is 0 Å². The molecule has 4 heterocycles. The van der Waals surface area contributed by atoms with Gasteiger partial charge >= 0.3 is 0 Å². The first-order valence-electron chi connectivity index (χ1n) is 10.0. The van der Waals surface area contributed by atoms with Crippen molar-refractivity contribution in [1.29, 1.82) is 0 Å². The molecule has 0 saturated carbocycles. The standard InChI is InChI=1S/C24H21N5/c1-15-5-4-6-16(13-15)22-21-18(17-7-2-3-8-20(17)28-21)10-12-29(22)24-19-9-11-25-23(19)26-14-27-24/h2-9,11,13-14,22,28H,10,12H2,1H3,(H,25,26,27). The number of anilines is 1. The van der Waals surface area contributed by atoms with E-state index in [1.165, 1.54) is 33.3 Å². The molecule has 2 N–H and O–H groups in total. The molecule has 2 aromatic carbocycles. The number of aryl methyl sites for hydroxylation is 1. The Labute approximate surface area is 168 Å². The van der Waals surface area contributed by atoms with Crippen molar-refractivity contribution >= 4 is 27.8 Å². The van der Waals surface area contributed by atoms with Crippen LogP contribution in [0.4, 0.5) is 5.82 Å². The topological polar surface area (TPSA) is 60.6 Å². The van der Waals surface area contributed by atoms with Gasteiger partial charge in [0.05, 0.1) is 11.4 Å². The maximum atomic E-state index is 4.71. The molecule has 29 heavy (non-hydrogen) atoms. The number of fused-ring (bicyclic) bond motifs is 4. The van der Waals surface area contributed by atoms with Gasteiger partial charge in [0.1, 0.15) is 17.8 Å². The van der Waals surface area contributed by atoms with E-state index in [-0.39, 0.29) is 6.04 Å². The quantitative estimate of drug-likeness (QED) is 0.459. The third kappa shape index (κ3) is 2.47. The number of hydrogen-bond donors (Lipinski definition) is 2. The number of nitrogens with zero attached hydrogens (tertiary/aromatic N) is 3. The molecule has 5 nitrogen and oxygen atoms in total. The summed E-state index contributed by atoms with van der Waals surface area (Å²) in [7, 11) is 0. The molecule has 0 radical (unpaired) electrons. The summed E-state index contributed by atoms with van der Waals surface area (Å²) < 4.78 is 0. The molecule has 5 aromatic rings. The van der Waals surface area contributed by atoms with Gasteiger partial charge < -0.3 is 14.9 Å². The molecule has 0 saturated heterocycles. The SMILES string of the molecule is Cc1cccc(C2c3[nH]c4ccccc4c3CCN2c2ncnc3[nH]ccc23)c1. The van der Waals surface area contributed by atoms with Gasteiger partial charge in [-0.05, 0) is 36.6 Å². The Morgan fingerprint density at radius 1 is 1.00 bits per heavy atom. The molecule has 142 valence electrons. The van der Waals surface area contributed by atoms with Crippen LogP contribution in [-0.2, 0) is 6.42 Å². The maximum Gasteiger partial charge on any atom is 0.142 e. The number of benzene rings is 2. The molecule has 0 bridgehead atoms. The fourth-order valence-electron chi connectivity index (χ4n) is 4.74. The van der Waals surface area contributed by atoms with Crippen molar-refractivity contribution in [1.82, 2.24) is 19.9 Å². The van der Waals surface area contributed by atoms with Gasteiger partial charge in [-0.25, -0.2) is 9.97 Å². The Morgan fingerprint density at radius 2 is 1.93 bits per heavy atom. The summed E-state index contributed by atoms with van der Waals surface area (Å²) in [6, 6.07) is 19.6. The normalized spacial score (nSPS) is 16.4. The Kier molecular flexibility index (Phi) is 3.50. The molecule has 0 fully saturated rings. The van der Waals surface area contributed by atoms with Gasteiger partial charge in [0, 0.05) is 29.3 Å². The van der Waals surface area contributed by atoms with E-state index in [9.17, 15) is 0 Å². The second-order valence-electron chi connectivity index (χ2n) is 7.76. The van der Waals surface area contributed by atoms with Crippen molar-refractivity contribution in [2.45, 2.75) is 19.4 Å². The Hall–Kier alpha value is -3.60. The number of rotatable bonds is 2. The van der Waals surface area contributed by atoms with Crippen molar-refractivity contribution in [3.05, 3.63) is 89.5 Å². The van der Waals surface area contributed by atoms with Gasteiger partial charge in [-0.15, -0.1) is 0 Å². The van der Waals surface area contributed by atoms with Crippen LogP contribution in [0.25, 0.3) is 21.9 Å². The first-order valence-corrected chi connectivity index (χ1v) is 10.0. The van der Waals surface area contributed by atoms with Gasteiger partial charge in [0.15, 0.2) is 0 Å². The monoisotopic (exact) mass is 379 g/mol. The van der Waals surface area contributed by atoms with Crippen molar-refractivity contribution in [2.24, 2.45) is 0 Å². The molecule has 1 atom stereocenters. The smallest absolute Gasteiger partial charge is 0.142 e. The Morgan fingerprint density at radius 3 is 2.86 bits per heavy atom. The van der Waals surface area contributed by atoms with E-state index in [1.54, 1.807) is 6.33 Å². The summed E-state index contributed by atoms with van der Waals surface area (Å²) in [5.74, 6) is 0.979. The van der Waals surface area contributed by atoms with Crippen LogP contribution in [0, 0.1) is 6.92 Å². The second kappa shape index (κ2) is 6.21. The average molecular weight is 379 g/mol. The van der Waals surface area contributed by atoms with Gasteiger partial charge in [-0.1, -0.05) is 48.0 Å². The third-order valence-electron chi connectivity index (χ3n) is 6.00. The molecule has 1 aliphatic heterocycles. The largest absolute Gasteiger partial charge is 0.356 e. The van der Waals surface area contributed by atoms with E-state index in [2.05, 4.69) is 81.4 Å². The minimum Gasteiger partial charge on any atom is -0.356 e. The summed E-state index contributed by atoms with van der Waals surface area (Å²) in [5.41, 5.74) is 7.31. The summed E-state index contributed by atoms with van der Waals surface area (Å²) >= 11 is 0. The fraction of sp³-hybridized carbons (Fsp3) is 0.167. The van der Waals surface area contributed by atoms with E-state index in [4.69, 9.17) is 4.98 Å². The van der Waals surface area contributed by atoms with Crippen LogP contribution < -0.4 is 4.90 Å². The number of H-pyrrole nitrogens is 2. The molecule has 1 unspecified atom stereocenters. The predicted molar refractivity (Wildman–Crippen MR) is 116 cm³/mol. The molecule has 3 aromatic heterocycles. The summed E-state index contributed by atoms with van der Waals surface area (Å²) in [4.78, 5) is 18.5. The third-order valence-corrected chi connectivity index (χ3v) is 6.00. The Bertz CT molecular complexity index is 1350. The van der Waals surface area contributed by atoms with E-state index in [1.807, 2.05) is 6.20 Å². The summed E-state index contributed by atoms with van der Waals surface area (Å²) in [6.45, 7) is 3.06. The second-order valence-corrected chi connectivity index (χ2v) is 7.76. The first-order chi connectivity index (χ1) is 14.3. The van der Waals surface area contributed by atoms with Gasteiger partial charge in [-0.2, -0.15) is 0 Å². The van der Waals surface area contributed by atoms with Crippen molar-refractivity contribution in [3.8, 4) is 0 Å². The minimum absolute atomic E-state index is 0.0825. The summed E-state index contributed by atoms with van der Waals surface area (Å²) in [5, 5.41) is 2.39. The molecule has 6 rings (SSSR count). The van der Waals surface area contributed by atoms with E-state index in [0.717, 1.165) is 29.8 Å². The van der Waals surface area contributed by atoms with Crippen LogP contribution in [-0.4, -0.2) is 26.5 Å². The Balaban J connectivity index is 1.61. The highest BCUT2D eigenvalue weighted by molar-refractivity contribution is 5.89. The van der Waals surface area contributed by atoms with Gasteiger partial charge in [0.25, 0.3) is 0 Å². The highest BCUT2D eigenvalue weighted by Gasteiger charge is 2.33. The minimum atomic E-state index is 0.0825. The lowest BCUT2D eigenvalue weighted by Gasteiger charge is -2.37. The van der Waals surface area contributed by atoms with E-state index >= 15 is 0 Å². The van der Waals surface area contributed by atoms with Crippen LogP contribution in [0.2, 0.25) is 0 Å². The fourth-order valence-corrected chi connectivity index (χ4v) is 4.74. The molecule has 0 amide bonds. The molecular formula is C24H21N5. The van der Waals surface area contributed by atoms with E-state index < -0.39 is 0 Å². The molecule has 1 aliphatic rings. The lowest BCUT2D eigenvalue weighted by atomic mass is 9.91. The van der Waals surface area contributed by atoms with Crippen LogP contribution in [0.5, 0.6) is 0 Å². The zero-order valence-corrected chi connectivity index (χ0v) is 16.2. The lowest BCUT2D eigenvalue weighted by Crippen LogP contribution is -2.37. The number of nitrogens with one attached hydrogen (secondary N) is 2. The van der Waals surface area contributed by atoms with E-state index in [0.29, 0.717) is 0 Å². The molecule has 0 spiro atoms. The van der Waals surface area contributed by atoms with Gasteiger partial charge in [0.2, 0.25) is 0 Å². The van der Waals surface area contributed by atoms with Crippen molar-refractivity contribution in [3.63, 3.8) is 0 Å². The van der Waals surface area contributed by atoms with Crippen molar-refractivity contribution < 1.29 is 0 Å². The lowest BCUT2D eigenvalue weighted by molar-refractivity contribution is 0.637. The molecule has 0 aliphatic carbocycles. The predicted octanol–water partition coefficient (Wildman–Crippen LogP) is 4.90. The highest BCUT2D eigenvalue weighted by Crippen LogP contribution is 2.41. The zero-order chi connectivity index (χ0) is 19.4. The highest BCUT2D eigenvalue weighted by atomic mass is 15.2. The van der Waals surface area contributed by atoms with Crippen molar-refractivity contribution in [2.75, 3.05) is 11.4 Å². The number of hydrogen-bond acceptors (Lipinski definition) is 3. The number of para-hydroxylation sites is 1. The average Bonchev–Trinajstić information content (AvgIpc) is 3.37. The van der Waals surface area contributed by atoms with Crippen LogP contribution in [0.15, 0.2) is 67.1 Å². The molecular weight excluding hydrogens is 358 g/mol. The summed E-state index contributed by atoms with van der Waals surface area (Å²) in [6.07, 6.45) is 4.57. The zero-order valence-electron chi connectivity index (χ0n) is 16.2. The first kappa shape index (κ1) is 16.4. The van der Waals surface area contributed by atoms with Crippen LogP contribution in [0.3, 0.4) is 0 Å². The van der Waals surface area contributed by atoms with Gasteiger partial charge in [-0.3, -0.25) is 0 Å². The number of aromatic nitrogens is 4.